The Morgan fingerprint density at radius 1 is 1.53 bits per heavy atom. The Hall–Kier alpha value is -0.510. The first kappa shape index (κ1) is 11.0. The molecule has 1 N–H and O–H groups in total. The Morgan fingerprint density at radius 3 is 2.80 bits per heavy atom. The van der Waals surface area contributed by atoms with Crippen molar-refractivity contribution in [2.75, 3.05) is 13.2 Å². The molecule has 15 heavy (non-hydrogen) atoms. The van der Waals surface area contributed by atoms with E-state index in [2.05, 4.69) is 4.98 Å². The number of hydrogen-bond acceptors (Lipinski definition) is 3. The Labute approximate surface area is 98.0 Å². The van der Waals surface area contributed by atoms with Crippen LogP contribution in [0.2, 0.25) is 10.2 Å². The van der Waals surface area contributed by atoms with Crippen molar-refractivity contribution in [3.63, 3.8) is 0 Å². The zero-order chi connectivity index (χ0) is 11.2. The zero-order valence-corrected chi connectivity index (χ0v) is 9.98. The number of pyridine rings is 1. The van der Waals surface area contributed by atoms with E-state index in [0.717, 1.165) is 5.56 Å². The minimum absolute atomic E-state index is 0.0283. The van der Waals surface area contributed by atoms with Gasteiger partial charge in [-0.25, -0.2) is 4.98 Å². The van der Waals surface area contributed by atoms with Crippen molar-refractivity contribution in [2.24, 2.45) is 0 Å². The van der Waals surface area contributed by atoms with Gasteiger partial charge in [0.1, 0.15) is 6.61 Å². The van der Waals surface area contributed by atoms with Crippen molar-refractivity contribution in [3.05, 3.63) is 21.4 Å². The van der Waals surface area contributed by atoms with E-state index in [-0.39, 0.29) is 6.61 Å². The third-order valence-electron chi connectivity index (χ3n) is 2.71. The van der Waals surface area contributed by atoms with E-state index >= 15 is 0 Å². The summed E-state index contributed by atoms with van der Waals surface area (Å²) in [7, 11) is 0. The van der Waals surface area contributed by atoms with E-state index in [1.54, 1.807) is 6.92 Å². The van der Waals surface area contributed by atoms with Gasteiger partial charge >= 0.3 is 0 Å². The van der Waals surface area contributed by atoms with Crippen molar-refractivity contribution in [3.8, 4) is 5.75 Å². The Balaban J connectivity index is 2.71. The Bertz CT molecular complexity index is 422. The maximum atomic E-state index is 9.38. The van der Waals surface area contributed by atoms with Crippen LogP contribution in [0.1, 0.15) is 18.2 Å². The summed E-state index contributed by atoms with van der Waals surface area (Å²) < 4.78 is 5.43. The third kappa shape index (κ3) is 1.50. The highest BCUT2D eigenvalue weighted by molar-refractivity contribution is 6.34. The predicted octanol–water partition coefficient (Wildman–Crippen LogP) is 2.34. The van der Waals surface area contributed by atoms with Crippen LogP contribution in [0.15, 0.2) is 0 Å². The number of aryl methyl sites for hydroxylation is 1. The molecule has 2 rings (SSSR count). The largest absolute Gasteiger partial charge is 0.489 e. The van der Waals surface area contributed by atoms with Gasteiger partial charge in [0.15, 0.2) is 10.9 Å². The number of rotatable bonds is 1. The number of halogens is 2. The van der Waals surface area contributed by atoms with Gasteiger partial charge in [0.25, 0.3) is 0 Å². The summed E-state index contributed by atoms with van der Waals surface area (Å²) in [5.41, 5.74) is 0.943. The third-order valence-corrected chi connectivity index (χ3v) is 3.42. The molecular formula is C10H11Cl2NO2. The van der Waals surface area contributed by atoms with E-state index in [9.17, 15) is 5.11 Å². The lowest BCUT2D eigenvalue weighted by Gasteiger charge is -2.20. The number of hydrogen-bond donors (Lipinski definition) is 1. The van der Waals surface area contributed by atoms with Gasteiger partial charge in [-0.3, -0.25) is 0 Å². The first-order chi connectivity index (χ1) is 6.99. The van der Waals surface area contributed by atoms with Gasteiger partial charge in [-0.05, 0) is 13.8 Å². The molecule has 0 saturated carbocycles. The smallest absolute Gasteiger partial charge is 0.171 e. The molecule has 0 aromatic carbocycles. The van der Waals surface area contributed by atoms with E-state index in [0.29, 0.717) is 28.2 Å². The second-order valence-corrected chi connectivity index (χ2v) is 4.75. The van der Waals surface area contributed by atoms with Gasteiger partial charge in [-0.1, -0.05) is 23.2 Å². The second-order valence-electron chi connectivity index (χ2n) is 4.01. The highest BCUT2D eigenvalue weighted by Crippen LogP contribution is 2.46. The van der Waals surface area contributed by atoms with Crippen LogP contribution in [0.25, 0.3) is 0 Å². The average molecular weight is 248 g/mol. The quantitative estimate of drug-likeness (QED) is 0.775. The lowest BCUT2D eigenvalue weighted by molar-refractivity contribution is 0.171. The summed E-state index contributed by atoms with van der Waals surface area (Å²) in [6.07, 6.45) is 0. The van der Waals surface area contributed by atoms with Crippen LogP contribution in [0.3, 0.4) is 0 Å². The number of aliphatic hydroxyl groups is 1. The molecule has 1 aromatic rings. The summed E-state index contributed by atoms with van der Waals surface area (Å²) >= 11 is 12.1. The van der Waals surface area contributed by atoms with Crippen LogP contribution in [0.5, 0.6) is 5.75 Å². The molecule has 2 heterocycles. The molecular weight excluding hydrogens is 237 g/mol. The molecule has 3 nitrogen and oxygen atoms in total. The van der Waals surface area contributed by atoms with Gasteiger partial charge in [-0.2, -0.15) is 0 Å². The Kier molecular flexibility index (Phi) is 2.57. The van der Waals surface area contributed by atoms with E-state index in [1.165, 1.54) is 0 Å². The van der Waals surface area contributed by atoms with Crippen molar-refractivity contribution < 1.29 is 9.84 Å². The normalized spacial score (nSPS) is 23.8. The number of fused-ring (bicyclic) bond motifs is 1. The molecule has 1 atom stereocenters. The predicted molar refractivity (Wildman–Crippen MR) is 58.9 cm³/mol. The monoisotopic (exact) mass is 247 g/mol. The summed E-state index contributed by atoms with van der Waals surface area (Å²) in [6, 6.07) is 0. The van der Waals surface area contributed by atoms with Crippen LogP contribution < -0.4 is 4.74 Å². The molecule has 0 aliphatic carbocycles. The SMILES string of the molecule is Cc1nc(Cl)c2c(c1Cl)C(C)(CO)CO2. The minimum Gasteiger partial charge on any atom is -0.489 e. The number of ether oxygens (including phenoxy) is 1. The number of nitrogens with zero attached hydrogens (tertiary/aromatic N) is 1. The summed E-state index contributed by atoms with van der Waals surface area (Å²) in [4.78, 5) is 4.07. The summed E-state index contributed by atoms with van der Waals surface area (Å²) in [6.45, 7) is 4.02. The van der Waals surface area contributed by atoms with Gasteiger partial charge in [0.2, 0.25) is 0 Å². The molecule has 1 unspecified atom stereocenters. The average Bonchev–Trinajstić information content (AvgIpc) is 2.55. The van der Waals surface area contributed by atoms with Crippen molar-refractivity contribution >= 4 is 23.2 Å². The van der Waals surface area contributed by atoms with Gasteiger partial charge in [0, 0.05) is 5.56 Å². The molecule has 1 aliphatic heterocycles. The molecule has 0 amide bonds. The maximum Gasteiger partial charge on any atom is 0.171 e. The highest BCUT2D eigenvalue weighted by Gasteiger charge is 2.40. The topological polar surface area (TPSA) is 42.4 Å². The molecule has 0 radical (unpaired) electrons. The molecule has 5 heteroatoms. The van der Waals surface area contributed by atoms with Gasteiger partial charge in [0.05, 0.1) is 22.7 Å². The highest BCUT2D eigenvalue weighted by atomic mass is 35.5. The zero-order valence-electron chi connectivity index (χ0n) is 8.47. The standard InChI is InChI=1S/C10H11Cl2NO2/c1-5-7(11)6-8(9(12)13-5)15-4-10(6,2)3-14/h14H,3-4H2,1-2H3. The molecule has 0 spiro atoms. The van der Waals surface area contributed by atoms with Crippen molar-refractivity contribution in [1.29, 1.82) is 0 Å². The van der Waals surface area contributed by atoms with E-state index < -0.39 is 5.41 Å². The molecule has 82 valence electrons. The fourth-order valence-corrected chi connectivity index (χ4v) is 2.36. The molecule has 0 saturated heterocycles. The first-order valence-corrected chi connectivity index (χ1v) is 5.35. The lowest BCUT2D eigenvalue weighted by Crippen LogP contribution is -2.28. The summed E-state index contributed by atoms with van der Waals surface area (Å²) in [5.74, 6) is 0.504. The van der Waals surface area contributed by atoms with Crippen molar-refractivity contribution in [1.82, 2.24) is 4.98 Å². The molecule has 0 fully saturated rings. The lowest BCUT2D eigenvalue weighted by atomic mass is 9.85. The van der Waals surface area contributed by atoms with E-state index in [4.69, 9.17) is 27.9 Å². The van der Waals surface area contributed by atoms with Crippen LogP contribution in [0, 0.1) is 6.92 Å². The van der Waals surface area contributed by atoms with E-state index in [1.807, 2.05) is 6.92 Å². The molecule has 1 aromatic heterocycles. The molecule has 0 bridgehead atoms. The van der Waals surface area contributed by atoms with Crippen LogP contribution in [0.4, 0.5) is 0 Å². The fourth-order valence-electron chi connectivity index (χ4n) is 1.73. The van der Waals surface area contributed by atoms with Crippen LogP contribution >= 0.6 is 23.2 Å². The number of aliphatic hydroxyl groups excluding tert-OH is 1. The first-order valence-electron chi connectivity index (χ1n) is 4.59. The maximum absolute atomic E-state index is 9.38. The Morgan fingerprint density at radius 2 is 2.20 bits per heavy atom. The summed E-state index contributed by atoms with van der Waals surface area (Å²) in [5, 5.41) is 10.2. The fraction of sp³-hybridized carbons (Fsp3) is 0.500. The van der Waals surface area contributed by atoms with Gasteiger partial charge < -0.3 is 9.84 Å². The van der Waals surface area contributed by atoms with Crippen LogP contribution in [-0.4, -0.2) is 23.3 Å². The number of aromatic nitrogens is 1. The van der Waals surface area contributed by atoms with Crippen molar-refractivity contribution in [2.45, 2.75) is 19.3 Å². The van der Waals surface area contributed by atoms with Crippen LogP contribution in [-0.2, 0) is 5.41 Å². The second kappa shape index (κ2) is 3.51. The molecule has 1 aliphatic rings. The minimum atomic E-state index is -0.482. The van der Waals surface area contributed by atoms with Gasteiger partial charge in [-0.15, -0.1) is 0 Å².